The first-order valence-electron chi connectivity index (χ1n) is 9.66. The minimum Gasteiger partial charge on any atom is -0.359 e. The van der Waals surface area contributed by atoms with Crippen LogP contribution in [-0.2, 0) is 16.0 Å². The molecule has 2 amide bonds. The van der Waals surface area contributed by atoms with Crippen molar-refractivity contribution >= 4 is 28.9 Å². The molecule has 0 aromatic heterocycles. The molecule has 4 rings (SSSR count). The van der Waals surface area contributed by atoms with Crippen LogP contribution in [0.3, 0.4) is 0 Å². The fourth-order valence-electron chi connectivity index (χ4n) is 4.00. The van der Waals surface area contributed by atoms with Gasteiger partial charge in [0, 0.05) is 36.1 Å². The zero-order valence-electron chi connectivity index (χ0n) is 15.6. The van der Waals surface area contributed by atoms with Gasteiger partial charge in [0.25, 0.3) is 0 Å². The summed E-state index contributed by atoms with van der Waals surface area (Å²) in [5.74, 6) is 0.146. The molecule has 0 spiro atoms. The first kappa shape index (κ1) is 17.6. The number of fused-ring (bicyclic) bond motifs is 1. The number of para-hydroxylation sites is 1. The van der Waals surface area contributed by atoms with Gasteiger partial charge in [0.15, 0.2) is 0 Å². The molecule has 2 aliphatic rings. The maximum Gasteiger partial charge on any atom is 0.243 e. The number of benzene rings is 2. The Hall–Kier alpha value is -2.82. The fourth-order valence-corrected chi connectivity index (χ4v) is 4.00. The van der Waals surface area contributed by atoms with Gasteiger partial charge in [-0.25, -0.2) is 0 Å². The van der Waals surface area contributed by atoms with Crippen molar-refractivity contribution in [2.75, 3.05) is 28.2 Å². The smallest absolute Gasteiger partial charge is 0.243 e. The summed E-state index contributed by atoms with van der Waals surface area (Å²) in [4.78, 5) is 28.4. The fraction of sp³-hybridized carbons (Fsp3) is 0.364. The van der Waals surface area contributed by atoms with Gasteiger partial charge in [0.2, 0.25) is 11.8 Å². The lowest BCUT2D eigenvalue weighted by molar-refractivity contribution is -0.117. The highest BCUT2D eigenvalue weighted by Gasteiger charge is 2.25. The molecule has 0 radical (unpaired) electrons. The van der Waals surface area contributed by atoms with Crippen LogP contribution in [-0.4, -0.2) is 30.9 Å². The molecule has 0 bridgehead atoms. The molecule has 1 fully saturated rings. The summed E-state index contributed by atoms with van der Waals surface area (Å²) in [6, 6.07) is 16.2. The van der Waals surface area contributed by atoms with Crippen LogP contribution in [0, 0.1) is 0 Å². The van der Waals surface area contributed by atoms with E-state index >= 15 is 0 Å². The van der Waals surface area contributed by atoms with Crippen LogP contribution in [0.4, 0.5) is 17.1 Å². The van der Waals surface area contributed by atoms with Gasteiger partial charge < -0.3 is 15.1 Å². The molecule has 5 heteroatoms. The van der Waals surface area contributed by atoms with E-state index in [1.807, 2.05) is 30.3 Å². The molecule has 1 N–H and O–H groups in total. The molecule has 2 heterocycles. The maximum atomic E-state index is 12.6. The van der Waals surface area contributed by atoms with Crippen molar-refractivity contribution in [2.45, 2.75) is 38.6 Å². The standard InChI is InChI=1S/C22H25N3O2/c1-16-8-9-17-5-2-3-6-20(17)25(16)15-21(26)23-18-10-12-19(13-11-18)24-14-4-7-22(24)27/h2-3,5-6,10-13,16H,4,7-9,14-15H2,1H3,(H,23,26). The summed E-state index contributed by atoms with van der Waals surface area (Å²) in [6.07, 6.45) is 3.65. The molecule has 2 aromatic carbocycles. The van der Waals surface area contributed by atoms with E-state index < -0.39 is 0 Å². The van der Waals surface area contributed by atoms with Crippen LogP contribution in [0.1, 0.15) is 31.7 Å². The van der Waals surface area contributed by atoms with Gasteiger partial charge in [-0.05, 0) is 62.1 Å². The van der Waals surface area contributed by atoms with Crippen LogP contribution >= 0.6 is 0 Å². The Morgan fingerprint density at radius 2 is 1.89 bits per heavy atom. The first-order valence-corrected chi connectivity index (χ1v) is 9.66. The normalized spacial score (nSPS) is 19.1. The van der Waals surface area contributed by atoms with E-state index in [1.165, 1.54) is 5.56 Å². The van der Waals surface area contributed by atoms with Crippen molar-refractivity contribution in [3.05, 3.63) is 54.1 Å². The summed E-state index contributed by atoms with van der Waals surface area (Å²) in [5, 5.41) is 2.99. The predicted octanol–water partition coefficient (Wildman–Crippen LogP) is 3.59. The average molecular weight is 363 g/mol. The van der Waals surface area contributed by atoms with Gasteiger partial charge in [-0.2, -0.15) is 0 Å². The molecule has 140 valence electrons. The lowest BCUT2D eigenvalue weighted by atomic mass is 9.96. The Kier molecular flexibility index (Phi) is 4.84. The number of carbonyl (C=O) groups is 2. The van der Waals surface area contributed by atoms with E-state index in [9.17, 15) is 9.59 Å². The van der Waals surface area contributed by atoms with E-state index in [2.05, 4.69) is 35.3 Å². The Bertz CT molecular complexity index is 847. The summed E-state index contributed by atoms with van der Waals surface area (Å²) in [7, 11) is 0. The Balaban J connectivity index is 1.42. The van der Waals surface area contributed by atoms with Crippen LogP contribution < -0.4 is 15.1 Å². The summed E-state index contributed by atoms with van der Waals surface area (Å²) in [5.41, 5.74) is 4.12. The molecule has 0 aliphatic carbocycles. The molecular formula is C22H25N3O2. The maximum absolute atomic E-state index is 12.6. The summed E-state index contributed by atoms with van der Waals surface area (Å²) in [6.45, 7) is 3.28. The number of nitrogens with zero attached hydrogens (tertiary/aromatic N) is 2. The molecule has 5 nitrogen and oxygen atoms in total. The van der Waals surface area contributed by atoms with Crippen molar-refractivity contribution in [3.63, 3.8) is 0 Å². The van der Waals surface area contributed by atoms with Crippen LogP contribution in [0.5, 0.6) is 0 Å². The number of carbonyl (C=O) groups excluding carboxylic acids is 2. The number of hydrogen-bond acceptors (Lipinski definition) is 3. The molecule has 1 unspecified atom stereocenters. The lowest BCUT2D eigenvalue weighted by Gasteiger charge is -2.36. The summed E-state index contributed by atoms with van der Waals surface area (Å²) >= 11 is 0. The minimum absolute atomic E-state index is 0.0245. The molecular weight excluding hydrogens is 338 g/mol. The molecule has 1 saturated heterocycles. The second-order valence-corrected chi connectivity index (χ2v) is 7.39. The Morgan fingerprint density at radius 3 is 2.63 bits per heavy atom. The zero-order valence-corrected chi connectivity index (χ0v) is 15.6. The highest BCUT2D eigenvalue weighted by atomic mass is 16.2. The van der Waals surface area contributed by atoms with E-state index in [4.69, 9.17) is 0 Å². The average Bonchev–Trinajstić information content (AvgIpc) is 3.11. The molecule has 27 heavy (non-hydrogen) atoms. The quantitative estimate of drug-likeness (QED) is 0.903. The van der Waals surface area contributed by atoms with Crippen molar-refractivity contribution in [3.8, 4) is 0 Å². The van der Waals surface area contributed by atoms with Gasteiger partial charge in [0.05, 0.1) is 6.54 Å². The van der Waals surface area contributed by atoms with Gasteiger partial charge in [-0.3, -0.25) is 9.59 Å². The minimum atomic E-state index is -0.0245. The van der Waals surface area contributed by atoms with E-state index in [0.29, 0.717) is 19.0 Å². The molecule has 2 aliphatic heterocycles. The second-order valence-electron chi connectivity index (χ2n) is 7.39. The third-order valence-electron chi connectivity index (χ3n) is 5.51. The Labute approximate surface area is 160 Å². The van der Waals surface area contributed by atoms with Crippen LogP contribution in [0.2, 0.25) is 0 Å². The highest BCUT2D eigenvalue weighted by Crippen LogP contribution is 2.30. The topological polar surface area (TPSA) is 52.7 Å². The first-order chi connectivity index (χ1) is 13.1. The number of nitrogens with one attached hydrogen (secondary N) is 1. The van der Waals surface area contributed by atoms with Crippen molar-refractivity contribution in [2.24, 2.45) is 0 Å². The summed E-state index contributed by atoms with van der Waals surface area (Å²) < 4.78 is 0. The van der Waals surface area contributed by atoms with Crippen molar-refractivity contribution in [1.82, 2.24) is 0 Å². The van der Waals surface area contributed by atoms with Gasteiger partial charge in [-0.1, -0.05) is 18.2 Å². The number of rotatable bonds is 4. The van der Waals surface area contributed by atoms with E-state index in [0.717, 1.165) is 42.9 Å². The Morgan fingerprint density at radius 1 is 1.11 bits per heavy atom. The number of aryl methyl sites for hydroxylation is 1. The number of anilines is 3. The van der Waals surface area contributed by atoms with Crippen LogP contribution in [0.15, 0.2) is 48.5 Å². The molecule has 0 saturated carbocycles. The van der Waals surface area contributed by atoms with E-state index in [-0.39, 0.29) is 11.8 Å². The van der Waals surface area contributed by atoms with Gasteiger partial charge >= 0.3 is 0 Å². The molecule has 1 atom stereocenters. The van der Waals surface area contributed by atoms with Gasteiger partial charge in [0.1, 0.15) is 0 Å². The molecule has 2 aromatic rings. The third-order valence-corrected chi connectivity index (χ3v) is 5.51. The van der Waals surface area contributed by atoms with Crippen molar-refractivity contribution in [1.29, 1.82) is 0 Å². The third kappa shape index (κ3) is 3.68. The predicted molar refractivity (Wildman–Crippen MR) is 108 cm³/mol. The largest absolute Gasteiger partial charge is 0.359 e. The highest BCUT2D eigenvalue weighted by molar-refractivity contribution is 5.97. The van der Waals surface area contributed by atoms with E-state index in [1.54, 1.807) is 4.90 Å². The number of hydrogen-bond donors (Lipinski definition) is 1. The zero-order chi connectivity index (χ0) is 18.8. The van der Waals surface area contributed by atoms with Crippen LogP contribution in [0.25, 0.3) is 0 Å². The lowest BCUT2D eigenvalue weighted by Crippen LogP contribution is -2.42. The number of amides is 2. The second kappa shape index (κ2) is 7.43. The van der Waals surface area contributed by atoms with Crippen molar-refractivity contribution < 1.29 is 9.59 Å². The SMILES string of the molecule is CC1CCc2ccccc2N1CC(=O)Nc1ccc(N2CCCC2=O)cc1. The van der Waals surface area contributed by atoms with Gasteiger partial charge in [-0.15, -0.1) is 0 Å². The monoisotopic (exact) mass is 363 g/mol.